The fourth-order valence-corrected chi connectivity index (χ4v) is 18.0. The number of likely N-dealkylation sites (N-methyl/N-ethyl adjacent to an activating group) is 2. The third-order valence-electron chi connectivity index (χ3n) is 19.3. The van der Waals surface area contributed by atoms with Crippen molar-refractivity contribution in [1.82, 2.24) is 15.1 Å². The van der Waals surface area contributed by atoms with Crippen LogP contribution in [0.5, 0.6) is 0 Å². The van der Waals surface area contributed by atoms with E-state index in [9.17, 15) is 24.6 Å². The van der Waals surface area contributed by atoms with Gasteiger partial charge in [-0.3, -0.25) is 14.5 Å². The molecule has 0 aromatic heterocycles. The number of aliphatic hydroxyl groups is 2. The number of carbonyl (C=O) groups excluding carboxylic acids is 3. The summed E-state index contributed by atoms with van der Waals surface area (Å²) in [6.07, 6.45) is 4.33. The van der Waals surface area contributed by atoms with Gasteiger partial charge in [-0.05, 0) is 93.8 Å². The number of nitrogens with zero attached hydrogens (tertiary/aromatic N) is 2. The van der Waals surface area contributed by atoms with Gasteiger partial charge in [-0.25, -0.2) is 4.79 Å². The molecule has 0 bridgehead atoms. The van der Waals surface area contributed by atoms with Crippen LogP contribution in [-0.2, 0) is 52.2 Å². The maximum Gasteiger partial charge on any atom is 0.137 e. The predicted molar refractivity (Wildman–Crippen MR) is 338 cm³/mol. The second kappa shape index (κ2) is 33.5. The SMILES string of the molecule is CC[C@H]1OC(=O)[C@H](C)[C@@H](COC[C@H]2C[C@@](C)(OC)[C@@H](OC)[C@H](C)O2)[C@H](C)[C@@H](O[C@@H]2O[C@H](C)C[C@H](N(C)C)[C@H]2OC(C)=O)[C@](C)(O)C[C@@H](C)CN(C)[C@H](C)[C@@H](OC(=O)NCCCCCCCCCC[PH](C)(c2ccccc2)c2ccccc2)[C@]1(C)O. The van der Waals surface area contributed by atoms with Crippen LogP contribution in [0.3, 0.4) is 0 Å². The third-order valence-corrected chi connectivity index (χ3v) is 23.9. The number of benzene rings is 2. The van der Waals surface area contributed by atoms with Gasteiger partial charge in [0.2, 0.25) is 0 Å². The first-order valence-electron chi connectivity index (χ1n) is 32.0. The van der Waals surface area contributed by atoms with Gasteiger partial charge in [0, 0.05) is 46.1 Å². The van der Waals surface area contributed by atoms with E-state index in [2.05, 4.69) is 72.6 Å². The molecular formula is C67H114N3O14P. The molecule has 0 spiro atoms. The first-order valence-corrected chi connectivity index (χ1v) is 34.7. The standard InChI is InChI=1S/C67H114N3O14P/c1-18-57-67(11,75)60(84-64(73)68-37-31-23-21-19-20-22-24-32-38-85(17,53-33-27-25-28-34-53)54-35-29-26-30-36-54)49(6)70(14)42-45(2)40-65(9,74)59(83-63-58(81-51(8)71)56(69(12)13)39-46(3)79-63)47(4)55(48(5)62(72)82-57)44-78-43-52-41-66(10,77-16)61(76-15)50(7)80-52/h25-30,33-36,45-50,52,55-61,63,74-75,85H,18-24,31-32,37-44H2,1-17H3,(H,68,73)/t45-,46-,47+,48-,49-,50+,52-,55+,56+,57-,58-,59-,60-,61+,63+,65-,66-,67-/m1/s1. The number of cyclic esters (lactones) is 1. The molecule has 18 heteroatoms. The molecule has 5 rings (SSSR count). The average Bonchev–Trinajstić information content (AvgIpc) is 3.74. The van der Waals surface area contributed by atoms with E-state index in [1.165, 1.54) is 49.4 Å². The molecule has 3 aliphatic rings. The maximum atomic E-state index is 15.0. The third kappa shape index (κ3) is 19.8. The van der Waals surface area contributed by atoms with Crippen LogP contribution in [0.15, 0.2) is 60.7 Å². The van der Waals surface area contributed by atoms with Crippen LogP contribution in [0.1, 0.15) is 153 Å². The number of hydrogen-bond acceptors (Lipinski definition) is 16. The van der Waals surface area contributed by atoms with E-state index in [4.69, 9.17) is 42.6 Å². The summed E-state index contributed by atoms with van der Waals surface area (Å²) in [4.78, 5) is 45.6. The van der Waals surface area contributed by atoms with Crippen molar-refractivity contribution in [3.8, 4) is 0 Å². The predicted octanol–water partition coefficient (Wildman–Crippen LogP) is 9.30. The Morgan fingerprint density at radius 2 is 1.39 bits per heavy atom. The van der Waals surface area contributed by atoms with Crippen molar-refractivity contribution in [2.45, 2.75) is 237 Å². The zero-order valence-corrected chi connectivity index (χ0v) is 56.1. The second-order valence-electron chi connectivity index (χ2n) is 26.7. The van der Waals surface area contributed by atoms with Gasteiger partial charge < -0.3 is 57.7 Å². The molecule has 3 aliphatic heterocycles. The minimum atomic E-state index is -1.86. The molecule has 0 unspecified atom stereocenters. The van der Waals surface area contributed by atoms with Gasteiger partial charge in [0.25, 0.3) is 0 Å². The van der Waals surface area contributed by atoms with Crippen molar-refractivity contribution in [2.75, 3.05) is 74.5 Å². The number of methoxy groups -OCH3 is 2. The Bertz CT molecular complexity index is 2260. The van der Waals surface area contributed by atoms with Crippen LogP contribution in [0.2, 0.25) is 0 Å². The molecule has 85 heavy (non-hydrogen) atoms. The van der Waals surface area contributed by atoms with Crippen molar-refractivity contribution in [2.24, 2.45) is 23.7 Å². The molecular weight excluding hydrogens is 1100 g/mol. The number of esters is 2. The molecule has 0 saturated carbocycles. The van der Waals surface area contributed by atoms with Gasteiger partial charge in [-0.1, -0.05) is 27.7 Å². The molecule has 2 aromatic rings. The molecule has 1 amide bonds. The number of carbonyl (C=O) groups is 3. The first-order chi connectivity index (χ1) is 40.1. The molecule has 18 atom stereocenters. The quantitative estimate of drug-likeness (QED) is 0.0368. The monoisotopic (exact) mass is 1220 g/mol. The molecule has 17 nitrogen and oxygen atoms in total. The number of rotatable bonds is 25. The summed E-state index contributed by atoms with van der Waals surface area (Å²) in [6, 6.07) is 21.2. The molecule has 0 radical (unpaired) electrons. The van der Waals surface area contributed by atoms with Crippen molar-refractivity contribution < 1.29 is 67.2 Å². The fourth-order valence-electron chi connectivity index (χ4n) is 14.3. The Morgan fingerprint density at radius 3 is 1.94 bits per heavy atom. The Kier molecular flexibility index (Phi) is 28.5. The van der Waals surface area contributed by atoms with Crippen molar-refractivity contribution in [3.63, 3.8) is 0 Å². The summed E-state index contributed by atoms with van der Waals surface area (Å²) in [5, 5.41) is 31.8. The van der Waals surface area contributed by atoms with Crippen molar-refractivity contribution in [1.29, 1.82) is 0 Å². The van der Waals surface area contributed by atoms with E-state index in [0.717, 1.165) is 25.7 Å². The van der Waals surface area contributed by atoms with E-state index in [-0.39, 0.29) is 62.4 Å². The smallest absolute Gasteiger partial charge is 0.137 e. The minimum Gasteiger partial charge on any atom is -0.382 e. The number of ether oxygens (including phenoxy) is 9. The number of hydrogen-bond donors (Lipinski definition) is 3. The Balaban J connectivity index is 1.31. The summed E-state index contributed by atoms with van der Waals surface area (Å²) in [5.74, 6) is -3.50. The summed E-state index contributed by atoms with van der Waals surface area (Å²) >= 11 is 0. The summed E-state index contributed by atoms with van der Waals surface area (Å²) < 4.78 is 57.1. The maximum absolute atomic E-state index is 15.0. The average molecular weight is 1220 g/mol. The van der Waals surface area contributed by atoms with Crippen LogP contribution < -0.4 is 15.9 Å². The normalized spacial score (nSPS) is 35.1. The molecule has 3 heterocycles. The molecule has 3 saturated heterocycles. The molecule has 2 aromatic carbocycles. The van der Waals surface area contributed by atoms with Gasteiger partial charge in [0.1, 0.15) is 17.8 Å². The van der Waals surface area contributed by atoms with Crippen molar-refractivity contribution in [3.05, 3.63) is 60.7 Å². The molecule has 3 N–H and O–H groups in total. The van der Waals surface area contributed by atoms with Gasteiger partial charge >= 0.3 is 173 Å². The van der Waals surface area contributed by atoms with Crippen LogP contribution >= 0.6 is 7.26 Å². The summed E-state index contributed by atoms with van der Waals surface area (Å²) in [5.41, 5.74) is -4.09. The Labute approximate surface area is 512 Å². The topological polar surface area (TPSA) is 193 Å². The van der Waals surface area contributed by atoms with E-state index < -0.39 is 96.6 Å². The van der Waals surface area contributed by atoms with E-state index in [0.29, 0.717) is 25.9 Å². The first kappa shape index (κ1) is 72.4. The van der Waals surface area contributed by atoms with Crippen LogP contribution in [0.25, 0.3) is 0 Å². The largest absolute Gasteiger partial charge is 0.382 e. The Morgan fingerprint density at radius 1 is 0.800 bits per heavy atom. The van der Waals surface area contributed by atoms with E-state index in [1.807, 2.05) is 79.4 Å². The van der Waals surface area contributed by atoms with Crippen LogP contribution in [-0.4, -0.2) is 197 Å². The van der Waals surface area contributed by atoms with Gasteiger partial charge in [0.05, 0.1) is 60.8 Å². The Hall–Kier alpha value is -3.32. The number of unbranched alkanes of at least 4 members (excludes halogenated alkanes) is 7. The zero-order chi connectivity index (χ0) is 62.9. The zero-order valence-electron chi connectivity index (χ0n) is 55.1. The number of nitrogens with one attached hydrogen (secondary N) is 1. The molecule has 3 fully saturated rings. The van der Waals surface area contributed by atoms with Gasteiger partial charge in [-0.2, -0.15) is 0 Å². The summed E-state index contributed by atoms with van der Waals surface area (Å²) in [7, 11) is 7.22. The fraction of sp³-hybridized carbons (Fsp3) is 0.776. The minimum absolute atomic E-state index is 0.0227. The van der Waals surface area contributed by atoms with Gasteiger partial charge in [0.15, 0.2) is 18.5 Å². The van der Waals surface area contributed by atoms with Gasteiger partial charge in [-0.15, -0.1) is 0 Å². The number of alkyl carbamates (subject to hydrolysis) is 1. The molecule has 0 aliphatic carbocycles. The van der Waals surface area contributed by atoms with Crippen molar-refractivity contribution >= 4 is 35.9 Å². The number of amides is 1. The second-order valence-corrected chi connectivity index (χ2v) is 31.0. The summed E-state index contributed by atoms with van der Waals surface area (Å²) in [6.45, 7) is 23.5. The van der Waals surface area contributed by atoms with Crippen LogP contribution in [0.4, 0.5) is 4.79 Å². The van der Waals surface area contributed by atoms with Crippen LogP contribution in [0, 0.1) is 23.7 Å². The van der Waals surface area contributed by atoms with E-state index in [1.54, 1.807) is 35.0 Å². The van der Waals surface area contributed by atoms with E-state index >= 15 is 0 Å². The molecule has 486 valence electrons.